The Bertz CT molecular complexity index is 500. The molecule has 1 saturated heterocycles. The molecule has 0 aromatic heterocycles. The predicted octanol–water partition coefficient (Wildman–Crippen LogP) is 3.44. The summed E-state index contributed by atoms with van der Waals surface area (Å²) in [7, 11) is 0. The highest BCUT2D eigenvalue weighted by Gasteiger charge is 2.22. The van der Waals surface area contributed by atoms with Crippen LogP contribution in [0.15, 0.2) is 18.2 Å². The van der Waals surface area contributed by atoms with Gasteiger partial charge in [-0.25, -0.2) is 0 Å². The normalized spacial score (nSPS) is 20.9. The lowest BCUT2D eigenvalue weighted by Gasteiger charge is -2.30. The second-order valence-corrected chi connectivity index (χ2v) is 6.08. The fourth-order valence-electron chi connectivity index (χ4n) is 2.37. The van der Waals surface area contributed by atoms with Crippen LogP contribution in [0.25, 0.3) is 0 Å². The average Bonchev–Trinajstić information content (AvgIpc) is 2.44. The Hall–Kier alpha value is -0.680. The zero-order valence-corrected chi connectivity index (χ0v) is 14.7. The molecular formula is C15H21Cl3N2O2. The summed E-state index contributed by atoms with van der Waals surface area (Å²) in [5.74, 6) is 0.544. The molecule has 1 heterocycles. The van der Waals surface area contributed by atoms with Crippen molar-refractivity contribution in [2.75, 3.05) is 13.2 Å². The third kappa shape index (κ3) is 5.84. The van der Waals surface area contributed by atoms with Crippen LogP contribution in [0, 0.1) is 0 Å². The number of rotatable bonds is 5. The number of ether oxygens (including phenoxy) is 1. The van der Waals surface area contributed by atoms with Gasteiger partial charge in [0.2, 0.25) is 5.91 Å². The van der Waals surface area contributed by atoms with Gasteiger partial charge in [0.05, 0.1) is 18.1 Å². The maximum Gasteiger partial charge on any atom is 0.223 e. The average molecular weight is 368 g/mol. The highest BCUT2D eigenvalue weighted by molar-refractivity contribution is 6.35. The summed E-state index contributed by atoms with van der Waals surface area (Å²) in [6, 6.07) is 5.54. The predicted molar refractivity (Wildman–Crippen MR) is 92.5 cm³/mol. The SMILES string of the molecule is CC1NCCCC1NC(=O)CCOc1ccc(Cl)cc1Cl.Cl. The van der Waals surface area contributed by atoms with E-state index in [1.807, 2.05) is 0 Å². The first-order chi connectivity index (χ1) is 10.1. The molecule has 1 fully saturated rings. The summed E-state index contributed by atoms with van der Waals surface area (Å²) in [6.07, 6.45) is 2.41. The van der Waals surface area contributed by atoms with Crippen molar-refractivity contribution in [3.8, 4) is 5.75 Å². The van der Waals surface area contributed by atoms with Gasteiger partial charge in [-0.3, -0.25) is 4.79 Å². The second-order valence-electron chi connectivity index (χ2n) is 5.23. The molecule has 1 aliphatic heterocycles. The van der Waals surface area contributed by atoms with Gasteiger partial charge in [0.1, 0.15) is 5.75 Å². The Morgan fingerprint density at radius 3 is 2.91 bits per heavy atom. The molecule has 2 rings (SSSR count). The number of carbonyl (C=O) groups is 1. The van der Waals surface area contributed by atoms with Gasteiger partial charge in [-0.15, -0.1) is 12.4 Å². The van der Waals surface area contributed by atoms with E-state index in [1.165, 1.54) is 0 Å². The van der Waals surface area contributed by atoms with Gasteiger partial charge in [-0.1, -0.05) is 23.2 Å². The van der Waals surface area contributed by atoms with Crippen LogP contribution < -0.4 is 15.4 Å². The lowest BCUT2D eigenvalue weighted by molar-refractivity contribution is -0.122. The van der Waals surface area contributed by atoms with Gasteiger partial charge in [0.15, 0.2) is 0 Å². The number of nitrogens with one attached hydrogen (secondary N) is 2. The topological polar surface area (TPSA) is 50.4 Å². The van der Waals surface area contributed by atoms with Crippen LogP contribution in [0.3, 0.4) is 0 Å². The molecule has 0 radical (unpaired) electrons. The van der Waals surface area contributed by atoms with Crippen molar-refractivity contribution in [3.63, 3.8) is 0 Å². The monoisotopic (exact) mass is 366 g/mol. The van der Waals surface area contributed by atoms with Gasteiger partial charge < -0.3 is 15.4 Å². The van der Waals surface area contributed by atoms with E-state index < -0.39 is 0 Å². The number of hydrogen-bond donors (Lipinski definition) is 2. The first-order valence-corrected chi connectivity index (χ1v) is 7.92. The third-order valence-electron chi connectivity index (χ3n) is 3.59. The summed E-state index contributed by atoms with van der Waals surface area (Å²) in [5.41, 5.74) is 0. The molecule has 0 aliphatic carbocycles. The largest absolute Gasteiger partial charge is 0.491 e. The molecule has 0 spiro atoms. The minimum Gasteiger partial charge on any atom is -0.491 e. The van der Waals surface area contributed by atoms with E-state index in [0.717, 1.165) is 19.4 Å². The van der Waals surface area contributed by atoms with Gasteiger partial charge in [0, 0.05) is 17.1 Å². The number of piperidine rings is 1. The summed E-state index contributed by atoms with van der Waals surface area (Å²) < 4.78 is 5.51. The maximum absolute atomic E-state index is 11.9. The molecule has 2 N–H and O–H groups in total. The fourth-order valence-corrected chi connectivity index (χ4v) is 2.83. The summed E-state index contributed by atoms with van der Waals surface area (Å²) in [5, 5.41) is 7.41. The van der Waals surface area contributed by atoms with E-state index in [9.17, 15) is 4.79 Å². The number of benzene rings is 1. The second kappa shape index (κ2) is 9.46. The van der Waals surface area contributed by atoms with E-state index >= 15 is 0 Å². The molecule has 0 saturated carbocycles. The molecule has 0 bridgehead atoms. The van der Waals surface area contributed by atoms with Gasteiger partial charge in [-0.05, 0) is 44.5 Å². The van der Waals surface area contributed by atoms with Crippen molar-refractivity contribution >= 4 is 41.5 Å². The van der Waals surface area contributed by atoms with Crippen molar-refractivity contribution in [1.82, 2.24) is 10.6 Å². The number of hydrogen-bond acceptors (Lipinski definition) is 3. The number of halogens is 3. The van der Waals surface area contributed by atoms with Crippen molar-refractivity contribution in [1.29, 1.82) is 0 Å². The smallest absolute Gasteiger partial charge is 0.223 e. The zero-order valence-electron chi connectivity index (χ0n) is 12.4. The standard InChI is InChI=1S/C15H20Cl2N2O2.ClH/c1-10-13(3-2-7-18-10)19-15(20)6-8-21-14-5-4-11(16)9-12(14)17;/h4-5,9-10,13,18H,2-3,6-8H2,1H3,(H,19,20);1H. The third-order valence-corrected chi connectivity index (χ3v) is 4.12. The molecule has 4 nitrogen and oxygen atoms in total. The Kier molecular flexibility index (Phi) is 8.33. The number of amides is 1. The van der Waals surface area contributed by atoms with Crippen molar-refractivity contribution in [2.24, 2.45) is 0 Å². The van der Waals surface area contributed by atoms with Crippen molar-refractivity contribution in [2.45, 2.75) is 38.3 Å². The molecule has 2 unspecified atom stereocenters. The van der Waals surface area contributed by atoms with Gasteiger partial charge in [-0.2, -0.15) is 0 Å². The molecule has 1 amide bonds. The lowest BCUT2D eigenvalue weighted by Crippen LogP contribution is -2.52. The van der Waals surface area contributed by atoms with Gasteiger partial charge in [0.25, 0.3) is 0 Å². The van der Waals surface area contributed by atoms with Crippen LogP contribution in [0.4, 0.5) is 0 Å². The van der Waals surface area contributed by atoms with Crippen molar-refractivity contribution in [3.05, 3.63) is 28.2 Å². The molecule has 7 heteroatoms. The van der Waals surface area contributed by atoms with Crippen LogP contribution in [0.5, 0.6) is 5.75 Å². The fraction of sp³-hybridized carbons (Fsp3) is 0.533. The molecular weight excluding hydrogens is 347 g/mol. The molecule has 2 atom stereocenters. The van der Waals surface area contributed by atoms with Crippen LogP contribution in [0.1, 0.15) is 26.2 Å². The highest BCUT2D eigenvalue weighted by Crippen LogP contribution is 2.27. The Morgan fingerprint density at radius 2 is 2.23 bits per heavy atom. The van der Waals surface area contributed by atoms with E-state index in [-0.39, 0.29) is 24.4 Å². The van der Waals surface area contributed by atoms with Gasteiger partial charge >= 0.3 is 0 Å². The van der Waals surface area contributed by atoms with Crippen LogP contribution in [-0.2, 0) is 4.79 Å². The summed E-state index contributed by atoms with van der Waals surface area (Å²) in [6.45, 7) is 3.40. The van der Waals surface area contributed by atoms with E-state index in [0.29, 0.717) is 34.9 Å². The Morgan fingerprint density at radius 1 is 1.45 bits per heavy atom. The van der Waals surface area contributed by atoms with Crippen LogP contribution in [0.2, 0.25) is 10.0 Å². The van der Waals surface area contributed by atoms with E-state index in [4.69, 9.17) is 27.9 Å². The molecule has 22 heavy (non-hydrogen) atoms. The molecule has 1 aromatic carbocycles. The summed E-state index contributed by atoms with van der Waals surface area (Å²) in [4.78, 5) is 11.9. The molecule has 1 aliphatic rings. The van der Waals surface area contributed by atoms with Crippen molar-refractivity contribution < 1.29 is 9.53 Å². The Balaban J connectivity index is 0.00000242. The number of carbonyl (C=O) groups excluding carboxylic acids is 1. The van der Waals surface area contributed by atoms with E-state index in [1.54, 1.807) is 18.2 Å². The molecule has 1 aromatic rings. The maximum atomic E-state index is 11.9. The Labute approximate surface area is 147 Å². The first kappa shape index (κ1) is 19.4. The molecule has 124 valence electrons. The first-order valence-electron chi connectivity index (χ1n) is 7.17. The lowest BCUT2D eigenvalue weighted by atomic mass is 10.00. The van der Waals surface area contributed by atoms with Crippen LogP contribution >= 0.6 is 35.6 Å². The summed E-state index contributed by atoms with van der Waals surface area (Å²) >= 11 is 11.8. The van der Waals surface area contributed by atoms with Crippen LogP contribution in [-0.4, -0.2) is 31.1 Å². The minimum atomic E-state index is 0. The quantitative estimate of drug-likeness (QED) is 0.838. The van der Waals surface area contributed by atoms with E-state index in [2.05, 4.69) is 17.6 Å². The highest BCUT2D eigenvalue weighted by atomic mass is 35.5. The minimum absolute atomic E-state index is 0. The zero-order chi connectivity index (χ0) is 15.2.